The predicted octanol–water partition coefficient (Wildman–Crippen LogP) is 3.50. The third-order valence-corrected chi connectivity index (χ3v) is 4.41. The van der Waals surface area contributed by atoms with Crippen LogP contribution in [0.25, 0.3) is 0 Å². The van der Waals surface area contributed by atoms with Crippen LogP contribution in [0.15, 0.2) is 6.07 Å². The van der Waals surface area contributed by atoms with Crippen molar-refractivity contribution in [3.05, 3.63) is 22.2 Å². The summed E-state index contributed by atoms with van der Waals surface area (Å²) in [6.07, 6.45) is 5.67. The Labute approximate surface area is 112 Å². The standard InChI is InChI=1S/C14H18ClNO2/c1-9-10(14(16)5-3-2-4-6-14)7-11(15)13-12(9)17-8-18-13/h7H,2-6,8,16H2,1H3. The largest absolute Gasteiger partial charge is 0.453 e. The molecule has 1 aromatic carbocycles. The van der Waals surface area contributed by atoms with E-state index in [9.17, 15) is 0 Å². The predicted molar refractivity (Wildman–Crippen MR) is 71.3 cm³/mol. The highest BCUT2D eigenvalue weighted by Crippen LogP contribution is 2.47. The Morgan fingerprint density at radius 3 is 2.56 bits per heavy atom. The molecule has 3 nitrogen and oxygen atoms in total. The molecule has 2 N–H and O–H groups in total. The van der Waals surface area contributed by atoms with Gasteiger partial charge in [0.15, 0.2) is 11.5 Å². The number of ether oxygens (including phenoxy) is 2. The molecule has 1 aliphatic carbocycles. The summed E-state index contributed by atoms with van der Waals surface area (Å²) in [5.74, 6) is 1.44. The van der Waals surface area contributed by atoms with Gasteiger partial charge in [-0.3, -0.25) is 0 Å². The van der Waals surface area contributed by atoms with Crippen LogP contribution in [0.5, 0.6) is 11.5 Å². The van der Waals surface area contributed by atoms with E-state index in [1.165, 1.54) is 19.3 Å². The average molecular weight is 268 g/mol. The molecule has 0 spiro atoms. The van der Waals surface area contributed by atoms with Gasteiger partial charge in [-0.05, 0) is 31.4 Å². The SMILES string of the molecule is Cc1c(C2(N)CCCCC2)cc(Cl)c2c1OCO2. The van der Waals surface area contributed by atoms with Crippen molar-refractivity contribution in [1.29, 1.82) is 0 Å². The lowest BCUT2D eigenvalue weighted by Gasteiger charge is -2.35. The minimum absolute atomic E-state index is 0.247. The van der Waals surface area contributed by atoms with Gasteiger partial charge < -0.3 is 15.2 Å². The number of hydrogen-bond acceptors (Lipinski definition) is 3. The molecule has 1 saturated carbocycles. The van der Waals surface area contributed by atoms with Crippen molar-refractivity contribution in [2.24, 2.45) is 5.73 Å². The first-order valence-electron chi connectivity index (χ1n) is 6.50. The molecule has 2 aliphatic rings. The van der Waals surface area contributed by atoms with Crippen LogP contribution in [-0.4, -0.2) is 6.79 Å². The van der Waals surface area contributed by atoms with E-state index in [0.717, 1.165) is 29.7 Å². The zero-order chi connectivity index (χ0) is 12.8. The second-order valence-corrected chi connectivity index (χ2v) is 5.72. The smallest absolute Gasteiger partial charge is 0.231 e. The summed E-state index contributed by atoms with van der Waals surface area (Å²) in [6, 6.07) is 1.97. The number of hydrogen-bond donors (Lipinski definition) is 1. The van der Waals surface area contributed by atoms with Crippen LogP contribution in [0.1, 0.15) is 43.2 Å². The van der Waals surface area contributed by atoms with Crippen LogP contribution in [0, 0.1) is 6.92 Å². The fourth-order valence-electron chi connectivity index (χ4n) is 3.13. The van der Waals surface area contributed by atoms with Crippen molar-refractivity contribution in [3.63, 3.8) is 0 Å². The Bertz CT molecular complexity index is 481. The lowest BCUT2D eigenvalue weighted by Crippen LogP contribution is -2.39. The molecular formula is C14H18ClNO2. The van der Waals surface area contributed by atoms with Crippen molar-refractivity contribution >= 4 is 11.6 Å². The average Bonchev–Trinajstić information content (AvgIpc) is 2.84. The maximum atomic E-state index is 6.59. The molecule has 0 amide bonds. The second-order valence-electron chi connectivity index (χ2n) is 5.31. The quantitative estimate of drug-likeness (QED) is 0.847. The van der Waals surface area contributed by atoms with Crippen LogP contribution < -0.4 is 15.2 Å². The Morgan fingerprint density at radius 1 is 1.17 bits per heavy atom. The van der Waals surface area contributed by atoms with Gasteiger partial charge in [0.2, 0.25) is 6.79 Å². The van der Waals surface area contributed by atoms with E-state index in [4.69, 9.17) is 26.8 Å². The van der Waals surface area contributed by atoms with Crippen LogP contribution in [0.4, 0.5) is 0 Å². The summed E-state index contributed by atoms with van der Waals surface area (Å²) >= 11 is 6.27. The van der Waals surface area contributed by atoms with E-state index < -0.39 is 0 Å². The highest BCUT2D eigenvalue weighted by Gasteiger charge is 2.34. The molecule has 0 atom stereocenters. The van der Waals surface area contributed by atoms with Gasteiger partial charge >= 0.3 is 0 Å². The molecule has 0 radical (unpaired) electrons. The van der Waals surface area contributed by atoms with Gasteiger partial charge in [-0.25, -0.2) is 0 Å². The fourth-order valence-corrected chi connectivity index (χ4v) is 3.38. The molecule has 1 fully saturated rings. The number of rotatable bonds is 1. The molecule has 0 unspecified atom stereocenters. The normalized spacial score (nSPS) is 21.1. The third kappa shape index (κ3) is 1.77. The lowest BCUT2D eigenvalue weighted by atomic mass is 9.76. The summed E-state index contributed by atoms with van der Waals surface area (Å²) < 4.78 is 10.9. The van der Waals surface area contributed by atoms with E-state index in [2.05, 4.69) is 0 Å². The Kier molecular flexibility index (Phi) is 2.91. The molecule has 0 saturated heterocycles. The van der Waals surface area contributed by atoms with Crippen LogP contribution in [-0.2, 0) is 5.54 Å². The molecule has 0 bridgehead atoms. The first-order valence-corrected chi connectivity index (χ1v) is 6.88. The summed E-state index contributed by atoms with van der Waals surface area (Å²) in [7, 11) is 0. The fraction of sp³-hybridized carbons (Fsp3) is 0.571. The minimum atomic E-state index is -0.257. The maximum absolute atomic E-state index is 6.59. The van der Waals surface area contributed by atoms with Gasteiger partial charge in [0.1, 0.15) is 0 Å². The second kappa shape index (κ2) is 4.32. The zero-order valence-electron chi connectivity index (χ0n) is 10.6. The highest BCUT2D eigenvalue weighted by molar-refractivity contribution is 6.32. The molecule has 1 aromatic rings. The van der Waals surface area contributed by atoms with E-state index in [1.807, 2.05) is 13.0 Å². The van der Waals surface area contributed by atoms with Crippen LogP contribution in [0.3, 0.4) is 0 Å². The lowest BCUT2D eigenvalue weighted by molar-refractivity contribution is 0.173. The topological polar surface area (TPSA) is 44.5 Å². The van der Waals surface area contributed by atoms with Gasteiger partial charge in [0, 0.05) is 11.1 Å². The molecule has 0 aromatic heterocycles. The summed E-state index contributed by atoms with van der Waals surface area (Å²) in [6.45, 7) is 2.29. The number of halogens is 1. The highest BCUT2D eigenvalue weighted by atomic mass is 35.5. The molecule has 3 rings (SSSR count). The van der Waals surface area contributed by atoms with Crippen molar-refractivity contribution in [2.75, 3.05) is 6.79 Å². The van der Waals surface area contributed by atoms with Crippen molar-refractivity contribution < 1.29 is 9.47 Å². The van der Waals surface area contributed by atoms with Gasteiger partial charge in [0.25, 0.3) is 0 Å². The number of fused-ring (bicyclic) bond motifs is 1. The number of benzene rings is 1. The van der Waals surface area contributed by atoms with Gasteiger partial charge in [-0.15, -0.1) is 0 Å². The van der Waals surface area contributed by atoms with E-state index >= 15 is 0 Å². The molecule has 1 aliphatic heterocycles. The summed E-state index contributed by atoms with van der Waals surface area (Å²) in [5, 5.41) is 0.610. The van der Waals surface area contributed by atoms with Gasteiger partial charge in [0.05, 0.1) is 5.02 Å². The van der Waals surface area contributed by atoms with Crippen molar-refractivity contribution in [3.8, 4) is 11.5 Å². The molecule has 4 heteroatoms. The zero-order valence-corrected chi connectivity index (χ0v) is 11.3. The van der Waals surface area contributed by atoms with Crippen LogP contribution in [0.2, 0.25) is 5.02 Å². The van der Waals surface area contributed by atoms with E-state index in [-0.39, 0.29) is 12.3 Å². The van der Waals surface area contributed by atoms with E-state index in [1.54, 1.807) is 0 Å². The summed E-state index contributed by atoms with van der Waals surface area (Å²) in [4.78, 5) is 0. The molecule has 1 heterocycles. The Balaban J connectivity index is 2.10. The molecule has 98 valence electrons. The summed E-state index contributed by atoms with van der Waals surface area (Å²) in [5.41, 5.74) is 8.53. The first-order chi connectivity index (χ1) is 8.62. The Hall–Kier alpha value is -0.930. The van der Waals surface area contributed by atoms with Crippen molar-refractivity contribution in [2.45, 2.75) is 44.6 Å². The van der Waals surface area contributed by atoms with Gasteiger partial charge in [-0.2, -0.15) is 0 Å². The molecular weight excluding hydrogens is 250 g/mol. The van der Waals surface area contributed by atoms with Crippen LogP contribution >= 0.6 is 11.6 Å². The Morgan fingerprint density at radius 2 is 1.83 bits per heavy atom. The molecule has 18 heavy (non-hydrogen) atoms. The first kappa shape index (κ1) is 12.1. The maximum Gasteiger partial charge on any atom is 0.231 e. The van der Waals surface area contributed by atoms with E-state index in [0.29, 0.717) is 10.8 Å². The van der Waals surface area contributed by atoms with Gasteiger partial charge in [-0.1, -0.05) is 30.9 Å². The third-order valence-electron chi connectivity index (χ3n) is 4.13. The van der Waals surface area contributed by atoms with Crippen molar-refractivity contribution in [1.82, 2.24) is 0 Å². The number of nitrogens with two attached hydrogens (primary N) is 1. The minimum Gasteiger partial charge on any atom is -0.453 e. The monoisotopic (exact) mass is 267 g/mol.